The van der Waals surface area contributed by atoms with E-state index >= 15 is 0 Å². The van der Waals surface area contributed by atoms with E-state index in [4.69, 9.17) is 4.74 Å². The first-order chi connectivity index (χ1) is 11.9. The van der Waals surface area contributed by atoms with Crippen molar-refractivity contribution in [2.75, 3.05) is 19.0 Å². The molecule has 134 valence electrons. The van der Waals surface area contributed by atoms with Crippen molar-refractivity contribution in [3.8, 4) is 5.75 Å². The zero-order chi connectivity index (χ0) is 18.4. The molecule has 1 amide bonds. The van der Waals surface area contributed by atoms with E-state index in [-0.39, 0.29) is 11.9 Å². The van der Waals surface area contributed by atoms with E-state index in [1.165, 1.54) is 5.56 Å². The Kier molecular flexibility index (Phi) is 7.02. The van der Waals surface area contributed by atoms with Crippen molar-refractivity contribution in [2.45, 2.75) is 33.4 Å². The minimum absolute atomic E-state index is 0.00740. The van der Waals surface area contributed by atoms with Crippen LogP contribution in [0.15, 0.2) is 46.9 Å². The van der Waals surface area contributed by atoms with Gasteiger partial charge in [0, 0.05) is 10.0 Å². The third-order valence-electron chi connectivity index (χ3n) is 4.23. The standard InChI is InChI=1S/C20H25BrN2O2/c1-5-25-17-9-7-16(8-10-17)13-23(4)15(3)20(24)22-19-11-6-14(2)12-18(19)21/h6-12,15H,5,13H2,1-4H3,(H,22,24)/p+1/t15-/m1/s1. The number of quaternary nitrogens is 1. The lowest BCUT2D eigenvalue weighted by Gasteiger charge is -2.21. The first kappa shape index (κ1) is 19.5. The molecule has 0 saturated heterocycles. The van der Waals surface area contributed by atoms with Crippen LogP contribution in [0.5, 0.6) is 5.75 Å². The SMILES string of the molecule is CCOc1ccc(C[NH+](C)[C@H](C)C(=O)Nc2ccc(C)cc2Br)cc1. The third kappa shape index (κ3) is 5.58. The first-order valence-electron chi connectivity index (χ1n) is 8.51. The van der Waals surface area contributed by atoms with Gasteiger partial charge in [-0.2, -0.15) is 0 Å². The van der Waals surface area contributed by atoms with E-state index < -0.39 is 0 Å². The van der Waals surface area contributed by atoms with Crippen LogP contribution in [0.4, 0.5) is 5.69 Å². The highest BCUT2D eigenvalue weighted by Crippen LogP contribution is 2.23. The Hall–Kier alpha value is -1.85. The molecule has 0 heterocycles. The number of amides is 1. The number of anilines is 1. The van der Waals surface area contributed by atoms with Gasteiger partial charge in [-0.05, 0) is 78.7 Å². The van der Waals surface area contributed by atoms with Crippen LogP contribution in [-0.2, 0) is 11.3 Å². The Balaban J connectivity index is 1.96. The summed E-state index contributed by atoms with van der Waals surface area (Å²) in [6, 6.07) is 13.8. The van der Waals surface area contributed by atoms with Gasteiger partial charge in [-0.25, -0.2) is 0 Å². The van der Waals surface area contributed by atoms with E-state index in [1.54, 1.807) is 0 Å². The van der Waals surface area contributed by atoms with Crippen LogP contribution >= 0.6 is 15.9 Å². The van der Waals surface area contributed by atoms with Gasteiger partial charge in [-0.1, -0.05) is 6.07 Å². The van der Waals surface area contributed by atoms with Crippen molar-refractivity contribution in [1.82, 2.24) is 0 Å². The number of benzene rings is 2. The Labute approximate surface area is 158 Å². The van der Waals surface area contributed by atoms with Crippen molar-refractivity contribution in [2.24, 2.45) is 0 Å². The molecule has 0 fully saturated rings. The molecule has 2 rings (SSSR count). The maximum atomic E-state index is 12.5. The molecule has 2 atom stereocenters. The fourth-order valence-electron chi connectivity index (χ4n) is 2.53. The van der Waals surface area contributed by atoms with Gasteiger partial charge in [0.05, 0.1) is 19.3 Å². The van der Waals surface area contributed by atoms with Gasteiger partial charge < -0.3 is 15.0 Å². The highest BCUT2D eigenvalue weighted by Gasteiger charge is 2.22. The van der Waals surface area contributed by atoms with Crippen LogP contribution in [0.1, 0.15) is 25.0 Å². The van der Waals surface area contributed by atoms with Crippen LogP contribution < -0.4 is 15.0 Å². The normalized spacial score (nSPS) is 13.2. The van der Waals surface area contributed by atoms with Crippen molar-refractivity contribution in [1.29, 1.82) is 0 Å². The molecule has 25 heavy (non-hydrogen) atoms. The number of nitrogens with one attached hydrogen (secondary N) is 2. The number of aryl methyl sites for hydroxylation is 1. The number of halogens is 1. The molecule has 5 heteroatoms. The Morgan fingerprint density at radius 3 is 2.52 bits per heavy atom. The number of rotatable bonds is 7. The van der Waals surface area contributed by atoms with Gasteiger partial charge in [0.15, 0.2) is 6.04 Å². The van der Waals surface area contributed by atoms with Gasteiger partial charge in [0.25, 0.3) is 5.91 Å². The fourth-order valence-corrected chi connectivity index (χ4v) is 3.12. The van der Waals surface area contributed by atoms with Crippen LogP contribution in [0.25, 0.3) is 0 Å². The van der Waals surface area contributed by atoms with Crippen molar-refractivity contribution in [3.05, 3.63) is 58.1 Å². The molecule has 0 spiro atoms. The summed E-state index contributed by atoms with van der Waals surface area (Å²) in [5.74, 6) is 0.881. The largest absolute Gasteiger partial charge is 0.494 e. The van der Waals surface area contributed by atoms with E-state index in [9.17, 15) is 4.79 Å². The Morgan fingerprint density at radius 1 is 1.24 bits per heavy atom. The molecular formula is C20H26BrN2O2+. The first-order valence-corrected chi connectivity index (χ1v) is 9.31. The number of ether oxygens (including phenoxy) is 1. The van der Waals surface area contributed by atoms with Crippen LogP contribution in [0, 0.1) is 6.92 Å². The van der Waals surface area contributed by atoms with E-state index in [0.717, 1.165) is 32.9 Å². The summed E-state index contributed by atoms with van der Waals surface area (Å²) >= 11 is 3.50. The molecule has 2 aromatic carbocycles. The van der Waals surface area contributed by atoms with Crippen LogP contribution in [0.3, 0.4) is 0 Å². The maximum absolute atomic E-state index is 12.5. The molecule has 4 nitrogen and oxygen atoms in total. The molecule has 0 aromatic heterocycles. The molecule has 2 aromatic rings. The molecule has 0 aliphatic heterocycles. The second kappa shape index (κ2) is 9.02. The fraction of sp³-hybridized carbons (Fsp3) is 0.350. The minimum Gasteiger partial charge on any atom is -0.494 e. The summed E-state index contributed by atoms with van der Waals surface area (Å²) in [6.45, 7) is 7.37. The third-order valence-corrected chi connectivity index (χ3v) is 4.89. The number of hydrogen-bond donors (Lipinski definition) is 2. The summed E-state index contributed by atoms with van der Waals surface area (Å²) in [7, 11) is 2.03. The minimum atomic E-state index is -0.167. The zero-order valence-corrected chi connectivity index (χ0v) is 16.8. The molecule has 2 N–H and O–H groups in total. The highest BCUT2D eigenvalue weighted by atomic mass is 79.9. The van der Waals surface area contributed by atoms with Gasteiger partial charge in [-0.3, -0.25) is 4.79 Å². The van der Waals surface area contributed by atoms with E-state index in [2.05, 4.69) is 33.4 Å². The monoisotopic (exact) mass is 405 g/mol. The second-order valence-electron chi connectivity index (χ2n) is 6.29. The van der Waals surface area contributed by atoms with Gasteiger partial charge in [0.2, 0.25) is 0 Å². The smallest absolute Gasteiger partial charge is 0.282 e. The summed E-state index contributed by atoms with van der Waals surface area (Å²) in [5.41, 5.74) is 3.13. The van der Waals surface area contributed by atoms with Crippen LogP contribution in [0.2, 0.25) is 0 Å². The molecule has 1 unspecified atom stereocenters. The number of likely N-dealkylation sites (N-methyl/N-ethyl adjacent to an activating group) is 1. The maximum Gasteiger partial charge on any atom is 0.282 e. The lowest BCUT2D eigenvalue weighted by molar-refractivity contribution is -0.907. The molecule has 0 aliphatic carbocycles. The van der Waals surface area contributed by atoms with Gasteiger partial charge in [0.1, 0.15) is 12.3 Å². The Morgan fingerprint density at radius 2 is 1.92 bits per heavy atom. The predicted octanol–water partition coefficient (Wildman–Crippen LogP) is 3.20. The molecule has 0 saturated carbocycles. The number of hydrogen-bond acceptors (Lipinski definition) is 2. The Bertz CT molecular complexity index is 716. The van der Waals surface area contributed by atoms with Gasteiger partial charge >= 0.3 is 0 Å². The van der Waals surface area contributed by atoms with Crippen molar-refractivity contribution in [3.63, 3.8) is 0 Å². The van der Waals surface area contributed by atoms with Crippen molar-refractivity contribution >= 4 is 27.5 Å². The quantitative estimate of drug-likeness (QED) is 0.742. The average Bonchev–Trinajstić information content (AvgIpc) is 2.58. The lowest BCUT2D eigenvalue weighted by atomic mass is 10.1. The second-order valence-corrected chi connectivity index (χ2v) is 7.15. The van der Waals surface area contributed by atoms with E-state index in [1.807, 2.05) is 58.2 Å². The molecule has 0 aliphatic rings. The average molecular weight is 406 g/mol. The molecule has 0 radical (unpaired) electrons. The summed E-state index contributed by atoms with van der Waals surface area (Å²) in [5, 5.41) is 3.00. The highest BCUT2D eigenvalue weighted by molar-refractivity contribution is 9.10. The topological polar surface area (TPSA) is 42.8 Å². The van der Waals surface area contributed by atoms with Gasteiger partial charge in [-0.15, -0.1) is 0 Å². The number of carbonyl (C=O) groups excluding carboxylic acids is 1. The molecule has 0 bridgehead atoms. The zero-order valence-electron chi connectivity index (χ0n) is 15.2. The lowest BCUT2D eigenvalue weighted by Crippen LogP contribution is -3.12. The number of carbonyl (C=O) groups is 1. The summed E-state index contributed by atoms with van der Waals surface area (Å²) in [6.07, 6.45) is 0. The van der Waals surface area contributed by atoms with Crippen molar-refractivity contribution < 1.29 is 14.4 Å². The van der Waals surface area contributed by atoms with E-state index in [0.29, 0.717) is 6.61 Å². The summed E-state index contributed by atoms with van der Waals surface area (Å²) in [4.78, 5) is 13.7. The summed E-state index contributed by atoms with van der Waals surface area (Å²) < 4.78 is 6.36. The predicted molar refractivity (Wildman–Crippen MR) is 105 cm³/mol. The molecular weight excluding hydrogens is 380 g/mol. The van der Waals surface area contributed by atoms with Crippen LogP contribution in [-0.4, -0.2) is 25.6 Å².